The minimum Gasteiger partial charge on any atom is -0.484 e. The summed E-state index contributed by atoms with van der Waals surface area (Å²) in [5.41, 5.74) is 1.60. The molecule has 1 aliphatic rings. The summed E-state index contributed by atoms with van der Waals surface area (Å²) in [6.45, 7) is 9.01. The van der Waals surface area contributed by atoms with Crippen LogP contribution in [0.5, 0.6) is 5.75 Å². The van der Waals surface area contributed by atoms with E-state index in [2.05, 4.69) is 29.0 Å². The Hall–Kier alpha value is -2.25. The summed E-state index contributed by atoms with van der Waals surface area (Å²) < 4.78 is 5.47. The highest BCUT2D eigenvalue weighted by atomic mass is 32.1. The molecule has 6 nitrogen and oxygen atoms in total. The van der Waals surface area contributed by atoms with Crippen LogP contribution in [0.3, 0.4) is 0 Å². The largest absolute Gasteiger partial charge is 0.484 e. The number of ketones is 1. The number of hydrogen-bond acceptors (Lipinski definition) is 6. The Morgan fingerprint density at radius 2 is 1.89 bits per heavy atom. The zero-order valence-corrected chi connectivity index (χ0v) is 17.4. The Balaban J connectivity index is 1.46. The number of thiazole rings is 1. The van der Waals surface area contributed by atoms with Crippen LogP contribution in [0.15, 0.2) is 29.6 Å². The van der Waals surface area contributed by atoms with E-state index in [1.165, 1.54) is 24.7 Å². The van der Waals surface area contributed by atoms with Gasteiger partial charge in [-0.3, -0.25) is 19.8 Å². The maximum absolute atomic E-state index is 12.1. The number of ether oxygens (including phenoxy) is 1. The molecule has 1 aromatic heterocycles. The number of aromatic nitrogens is 1. The molecule has 0 unspecified atom stereocenters. The lowest BCUT2D eigenvalue weighted by atomic mass is 9.92. The standard InChI is InChI=1S/C21H27N3O3S/c1-14-8-15(2)10-24(9-14)11-18-13-28-21(22-18)23-20(26)12-27-19-6-4-17(5-7-19)16(3)25/h4-7,13-15H,8-12H2,1-3H3,(H,22,23,26)/t14-,15-/m0/s1. The predicted molar refractivity (Wildman–Crippen MR) is 111 cm³/mol. The predicted octanol–water partition coefficient (Wildman–Crippen LogP) is 3.84. The Kier molecular flexibility index (Phi) is 6.80. The van der Waals surface area contributed by atoms with Crippen LogP contribution in [0.4, 0.5) is 5.13 Å². The molecule has 1 saturated heterocycles. The quantitative estimate of drug-likeness (QED) is 0.714. The molecule has 0 spiro atoms. The Morgan fingerprint density at radius 3 is 2.54 bits per heavy atom. The molecular weight excluding hydrogens is 374 g/mol. The summed E-state index contributed by atoms with van der Waals surface area (Å²) in [7, 11) is 0. The molecule has 1 aliphatic heterocycles. The number of rotatable bonds is 7. The fourth-order valence-electron chi connectivity index (χ4n) is 3.68. The third-order valence-corrected chi connectivity index (χ3v) is 5.57. The van der Waals surface area contributed by atoms with E-state index < -0.39 is 0 Å². The van der Waals surface area contributed by atoms with Gasteiger partial charge < -0.3 is 4.74 Å². The van der Waals surface area contributed by atoms with Crippen molar-refractivity contribution in [2.75, 3.05) is 25.0 Å². The zero-order chi connectivity index (χ0) is 20.1. The van der Waals surface area contributed by atoms with Crippen molar-refractivity contribution >= 4 is 28.2 Å². The van der Waals surface area contributed by atoms with E-state index in [9.17, 15) is 9.59 Å². The summed E-state index contributed by atoms with van der Waals surface area (Å²) >= 11 is 1.43. The number of anilines is 1. The Morgan fingerprint density at radius 1 is 1.21 bits per heavy atom. The summed E-state index contributed by atoms with van der Waals surface area (Å²) in [4.78, 5) is 30.4. The van der Waals surface area contributed by atoms with Crippen LogP contribution in [0.1, 0.15) is 43.2 Å². The number of benzene rings is 1. The Bertz CT molecular complexity index is 809. The van der Waals surface area contributed by atoms with Gasteiger partial charge in [-0.15, -0.1) is 11.3 Å². The van der Waals surface area contributed by atoms with E-state index in [4.69, 9.17) is 4.74 Å². The topological polar surface area (TPSA) is 71.5 Å². The van der Waals surface area contributed by atoms with E-state index in [1.54, 1.807) is 24.3 Å². The molecule has 2 aromatic rings. The molecule has 3 rings (SSSR count). The molecule has 2 heterocycles. The summed E-state index contributed by atoms with van der Waals surface area (Å²) in [6.07, 6.45) is 1.28. The second-order valence-corrected chi connectivity index (χ2v) is 8.56. The van der Waals surface area contributed by atoms with Gasteiger partial charge in [0.25, 0.3) is 5.91 Å². The maximum atomic E-state index is 12.1. The molecule has 1 fully saturated rings. The third-order valence-electron chi connectivity index (χ3n) is 4.76. The molecule has 0 radical (unpaired) electrons. The zero-order valence-electron chi connectivity index (χ0n) is 16.6. The molecule has 1 N–H and O–H groups in total. The van der Waals surface area contributed by atoms with Crippen molar-refractivity contribution in [1.82, 2.24) is 9.88 Å². The highest BCUT2D eigenvalue weighted by Crippen LogP contribution is 2.24. The third kappa shape index (κ3) is 5.87. The van der Waals surface area contributed by atoms with Crippen molar-refractivity contribution < 1.29 is 14.3 Å². The highest BCUT2D eigenvalue weighted by molar-refractivity contribution is 7.13. The lowest BCUT2D eigenvalue weighted by molar-refractivity contribution is -0.118. The van der Waals surface area contributed by atoms with Gasteiger partial charge in [-0.1, -0.05) is 13.8 Å². The molecule has 0 aliphatic carbocycles. The second kappa shape index (κ2) is 9.30. The fourth-order valence-corrected chi connectivity index (χ4v) is 4.39. The molecule has 2 atom stereocenters. The van der Waals surface area contributed by atoms with E-state index in [-0.39, 0.29) is 18.3 Å². The van der Waals surface area contributed by atoms with Crippen molar-refractivity contribution in [1.29, 1.82) is 0 Å². The normalized spacial score (nSPS) is 20.0. The van der Waals surface area contributed by atoms with Crippen LogP contribution >= 0.6 is 11.3 Å². The number of Topliss-reactive ketones (excluding diaryl/α,β-unsaturated/α-hetero) is 1. The molecule has 1 amide bonds. The van der Waals surface area contributed by atoms with Gasteiger partial charge >= 0.3 is 0 Å². The van der Waals surface area contributed by atoms with Crippen molar-refractivity contribution in [3.05, 3.63) is 40.9 Å². The maximum Gasteiger partial charge on any atom is 0.264 e. The molecule has 150 valence electrons. The van der Waals surface area contributed by atoms with Crippen molar-refractivity contribution in [2.24, 2.45) is 11.8 Å². The van der Waals surface area contributed by atoms with Crippen LogP contribution < -0.4 is 10.1 Å². The minimum atomic E-state index is -0.253. The van der Waals surface area contributed by atoms with Crippen LogP contribution in [-0.4, -0.2) is 41.3 Å². The number of carbonyl (C=O) groups excluding carboxylic acids is 2. The first-order chi connectivity index (χ1) is 13.4. The van der Waals surface area contributed by atoms with E-state index >= 15 is 0 Å². The van der Waals surface area contributed by atoms with Gasteiger partial charge in [0, 0.05) is 30.6 Å². The lowest BCUT2D eigenvalue weighted by Gasteiger charge is -2.34. The summed E-state index contributed by atoms with van der Waals surface area (Å²) in [5, 5.41) is 5.38. The van der Waals surface area contributed by atoms with Crippen LogP contribution in [0, 0.1) is 11.8 Å². The molecule has 28 heavy (non-hydrogen) atoms. The first kappa shape index (κ1) is 20.5. The molecule has 0 bridgehead atoms. The van der Waals surface area contributed by atoms with Crippen LogP contribution in [0.25, 0.3) is 0 Å². The van der Waals surface area contributed by atoms with Gasteiger partial charge in [0.15, 0.2) is 17.5 Å². The van der Waals surface area contributed by atoms with E-state index in [1.807, 2.05) is 5.38 Å². The average Bonchev–Trinajstić information content (AvgIpc) is 3.06. The number of nitrogens with one attached hydrogen (secondary N) is 1. The minimum absolute atomic E-state index is 0.00247. The molecule has 1 aromatic carbocycles. The van der Waals surface area contributed by atoms with Crippen molar-refractivity contribution in [3.63, 3.8) is 0 Å². The summed E-state index contributed by atoms with van der Waals surface area (Å²) in [6, 6.07) is 6.74. The monoisotopic (exact) mass is 401 g/mol. The number of hydrogen-bond donors (Lipinski definition) is 1. The number of amides is 1. The first-order valence-electron chi connectivity index (χ1n) is 9.59. The number of piperidine rings is 1. The van der Waals surface area contributed by atoms with Gasteiger partial charge in [-0.05, 0) is 49.4 Å². The smallest absolute Gasteiger partial charge is 0.264 e. The molecule has 7 heteroatoms. The summed E-state index contributed by atoms with van der Waals surface area (Å²) in [5.74, 6) is 1.72. The number of carbonyl (C=O) groups is 2. The number of nitrogens with zero attached hydrogens (tertiary/aromatic N) is 2. The molecule has 0 saturated carbocycles. The van der Waals surface area contributed by atoms with Gasteiger partial charge in [0.2, 0.25) is 0 Å². The van der Waals surface area contributed by atoms with E-state index in [0.29, 0.717) is 28.3 Å². The van der Waals surface area contributed by atoms with Crippen LogP contribution in [0.2, 0.25) is 0 Å². The van der Waals surface area contributed by atoms with Crippen molar-refractivity contribution in [2.45, 2.75) is 33.7 Å². The van der Waals surface area contributed by atoms with Gasteiger partial charge in [0.1, 0.15) is 5.75 Å². The number of likely N-dealkylation sites (tertiary alicyclic amines) is 1. The average molecular weight is 402 g/mol. The van der Waals surface area contributed by atoms with Gasteiger partial charge in [-0.2, -0.15) is 0 Å². The van der Waals surface area contributed by atoms with E-state index in [0.717, 1.165) is 25.3 Å². The fraction of sp³-hybridized carbons (Fsp3) is 0.476. The van der Waals surface area contributed by atoms with Gasteiger partial charge in [0.05, 0.1) is 5.69 Å². The molecular formula is C21H27N3O3S. The second-order valence-electron chi connectivity index (χ2n) is 7.70. The van der Waals surface area contributed by atoms with Crippen molar-refractivity contribution in [3.8, 4) is 5.75 Å². The Labute approximate surface area is 169 Å². The highest BCUT2D eigenvalue weighted by Gasteiger charge is 2.22. The first-order valence-corrected chi connectivity index (χ1v) is 10.5. The van der Waals surface area contributed by atoms with Crippen LogP contribution in [-0.2, 0) is 11.3 Å². The van der Waals surface area contributed by atoms with Gasteiger partial charge in [-0.25, -0.2) is 4.98 Å². The lowest BCUT2D eigenvalue weighted by Crippen LogP contribution is -2.38. The SMILES string of the molecule is CC(=O)c1ccc(OCC(=O)Nc2nc(CN3C[C@@H](C)C[C@H](C)C3)cs2)cc1.